The van der Waals surface area contributed by atoms with Crippen molar-refractivity contribution in [3.05, 3.63) is 65.0 Å². The largest absolute Gasteiger partial charge is 0.351 e. The van der Waals surface area contributed by atoms with Gasteiger partial charge in [0.15, 0.2) is 5.83 Å². The van der Waals surface area contributed by atoms with Crippen molar-refractivity contribution < 1.29 is 17.6 Å². The van der Waals surface area contributed by atoms with Gasteiger partial charge in [-0.15, -0.1) is 0 Å². The van der Waals surface area contributed by atoms with Crippen molar-refractivity contribution in [1.82, 2.24) is 20.1 Å². The van der Waals surface area contributed by atoms with Gasteiger partial charge in [0, 0.05) is 44.5 Å². The van der Waals surface area contributed by atoms with Crippen LogP contribution in [0.25, 0.3) is 0 Å². The molecule has 1 aromatic carbocycles. The summed E-state index contributed by atoms with van der Waals surface area (Å²) in [5.41, 5.74) is 1.25. The van der Waals surface area contributed by atoms with Gasteiger partial charge in [0.1, 0.15) is 29.7 Å². The Balaban J connectivity index is 1.74. The van der Waals surface area contributed by atoms with Gasteiger partial charge in [0.2, 0.25) is 0 Å². The number of hydrogen-bond acceptors (Lipinski definition) is 8. The van der Waals surface area contributed by atoms with Gasteiger partial charge in [0.25, 0.3) is 6.43 Å². The molecule has 8 nitrogen and oxygen atoms in total. The number of rotatable bonds is 15. The molecule has 1 fully saturated rings. The number of hydrogen-bond donors (Lipinski definition) is 2. The van der Waals surface area contributed by atoms with Crippen LogP contribution >= 0.6 is 0 Å². The molecule has 1 unspecified atom stereocenters. The first-order valence-electron chi connectivity index (χ1n) is 13.5. The number of allylic oxidation sites excluding steroid dienone is 1. The third-order valence-electron chi connectivity index (χ3n) is 7.04. The first-order chi connectivity index (χ1) is 19.8. The molecule has 12 heteroatoms. The van der Waals surface area contributed by atoms with Gasteiger partial charge in [-0.2, -0.15) is 0 Å². The molecule has 0 amide bonds. The highest BCUT2D eigenvalue weighted by atomic mass is 19.3. The van der Waals surface area contributed by atoms with Gasteiger partial charge in [-0.1, -0.05) is 13.0 Å². The van der Waals surface area contributed by atoms with Crippen LogP contribution in [0.3, 0.4) is 0 Å². The summed E-state index contributed by atoms with van der Waals surface area (Å²) in [4.78, 5) is 20.7. The normalized spacial score (nSPS) is 16.2. The maximum Gasteiger partial charge on any atom is 0.253 e. The van der Waals surface area contributed by atoms with Gasteiger partial charge < -0.3 is 15.5 Å². The summed E-state index contributed by atoms with van der Waals surface area (Å²) in [5, 5.41) is 5.57. The average Bonchev–Trinajstić information content (AvgIpc) is 2.96. The molecule has 0 saturated carbocycles. The molecule has 1 aliphatic rings. The predicted octanol–water partition coefficient (Wildman–Crippen LogP) is 4.85. The lowest BCUT2D eigenvalue weighted by molar-refractivity contribution is 0.0981. The molecular weight excluding hydrogens is 536 g/mol. The Hall–Kier alpha value is -3.48. The van der Waals surface area contributed by atoms with Crippen molar-refractivity contribution in [2.24, 2.45) is 15.0 Å². The van der Waals surface area contributed by atoms with Crippen LogP contribution in [0.15, 0.2) is 57.5 Å². The molecule has 0 aliphatic carbocycles. The number of likely N-dealkylation sites (N-methyl/N-ethyl adjacent to an activating group) is 1. The molecule has 2 N–H and O–H groups in total. The number of piperazine rings is 1. The van der Waals surface area contributed by atoms with Gasteiger partial charge in [-0.25, -0.2) is 22.5 Å². The van der Waals surface area contributed by atoms with E-state index in [-0.39, 0.29) is 36.5 Å². The zero-order valence-corrected chi connectivity index (χ0v) is 23.6. The van der Waals surface area contributed by atoms with Crippen LogP contribution in [0.5, 0.6) is 0 Å². The fraction of sp³-hybridized carbons (Fsp3) is 0.448. The van der Waals surface area contributed by atoms with Crippen LogP contribution in [0.4, 0.5) is 29.1 Å². The van der Waals surface area contributed by atoms with E-state index >= 15 is 4.39 Å². The van der Waals surface area contributed by atoms with Crippen molar-refractivity contribution in [2.45, 2.75) is 38.8 Å². The molecule has 2 aromatic rings. The SMILES string of the molecule is C=N/C=C(/F)C(=NCNc1ccc(CN2CCN(CC)CC2)cn1)c1cc(F)c(N=C)c(CCC(NC)C(F)F)c1. The molecule has 0 radical (unpaired) electrons. The molecule has 2 heterocycles. The van der Waals surface area contributed by atoms with Crippen molar-refractivity contribution in [2.75, 3.05) is 51.8 Å². The summed E-state index contributed by atoms with van der Waals surface area (Å²) in [5.74, 6) is -1.06. The summed E-state index contributed by atoms with van der Waals surface area (Å²) < 4.78 is 56.4. The average molecular weight is 575 g/mol. The fourth-order valence-electron chi connectivity index (χ4n) is 4.66. The standard InChI is InChI=1S/C29H38F4N8/c1-5-40-10-12-41(13-11-40)18-20-6-9-26(37-16-20)38-19-39-28(24(31)17-34-2)22-14-21(27(36-4)23(30)15-22)7-8-25(35-3)29(32)33/h6,9,14-17,25,29,35H,2,4-5,7-8,10-13,18-19H2,1,3H3,(H,37,38)/b24-17+,39-28?. The summed E-state index contributed by atoms with van der Waals surface area (Å²) in [7, 11) is 1.43. The maximum absolute atomic E-state index is 15.0. The van der Waals surface area contributed by atoms with Crippen LogP contribution in [0.1, 0.15) is 30.0 Å². The first kappa shape index (κ1) is 32.0. The van der Waals surface area contributed by atoms with E-state index in [2.05, 4.69) is 60.8 Å². The van der Waals surface area contributed by atoms with Crippen LogP contribution in [0, 0.1) is 5.82 Å². The highest BCUT2D eigenvalue weighted by molar-refractivity contribution is 6.11. The van der Waals surface area contributed by atoms with Crippen molar-refractivity contribution in [3.63, 3.8) is 0 Å². The number of pyridine rings is 1. The molecule has 0 spiro atoms. The number of anilines is 1. The van der Waals surface area contributed by atoms with E-state index in [0.29, 0.717) is 11.4 Å². The number of aliphatic imine (C=N–C) groups is 3. The quantitative estimate of drug-likeness (QED) is 0.235. The van der Waals surface area contributed by atoms with E-state index in [4.69, 9.17) is 0 Å². The molecule has 1 saturated heterocycles. The number of aryl methyl sites for hydroxylation is 1. The molecule has 1 aromatic heterocycles. The molecule has 0 bridgehead atoms. The van der Waals surface area contributed by atoms with E-state index in [1.807, 2.05) is 12.1 Å². The number of halogens is 4. The number of nitrogens with one attached hydrogen (secondary N) is 2. The van der Waals surface area contributed by atoms with Crippen LogP contribution < -0.4 is 10.6 Å². The Kier molecular flexibility index (Phi) is 12.6. The van der Waals surface area contributed by atoms with Crippen LogP contribution in [0.2, 0.25) is 0 Å². The van der Waals surface area contributed by atoms with E-state index in [1.54, 1.807) is 6.20 Å². The third-order valence-corrected chi connectivity index (χ3v) is 7.04. The molecular formula is C29H38F4N8. The second-order valence-electron chi connectivity index (χ2n) is 9.66. The smallest absolute Gasteiger partial charge is 0.253 e. The summed E-state index contributed by atoms with van der Waals surface area (Å²) in [6, 6.07) is 5.28. The van der Waals surface area contributed by atoms with E-state index in [1.165, 1.54) is 13.1 Å². The Bertz CT molecular complexity index is 1210. The third kappa shape index (κ3) is 9.27. The highest BCUT2D eigenvalue weighted by Crippen LogP contribution is 2.28. The second kappa shape index (κ2) is 16.1. The van der Waals surface area contributed by atoms with Crippen LogP contribution in [-0.2, 0) is 13.0 Å². The lowest BCUT2D eigenvalue weighted by atomic mass is 9.98. The van der Waals surface area contributed by atoms with Gasteiger partial charge >= 0.3 is 0 Å². The maximum atomic E-state index is 15.0. The Morgan fingerprint density at radius 2 is 1.88 bits per heavy atom. The monoisotopic (exact) mass is 574 g/mol. The minimum atomic E-state index is -2.60. The van der Waals surface area contributed by atoms with Crippen LogP contribution in [-0.4, -0.2) is 92.8 Å². The zero-order chi connectivity index (χ0) is 29.8. The van der Waals surface area contributed by atoms with Crippen molar-refractivity contribution >= 4 is 30.7 Å². The number of alkyl halides is 2. The lowest BCUT2D eigenvalue weighted by Crippen LogP contribution is -2.45. The molecule has 1 atom stereocenters. The van der Waals surface area contributed by atoms with E-state index < -0.39 is 24.1 Å². The second-order valence-corrected chi connectivity index (χ2v) is 9.66. The van der Waals surface area contributed by atoms with Gasteiger partial charge in [-0.05, 0) is 69.2 Å². The minimum absolute atomic E-state index is 0.0107. The van der Waals surface area contributed by atoms with Gasteiger partial charge in [-0.3, -0.25) is 19.9 Å². The number of benzene rings is 1. The summed E-state index contributed by atoms with van der Waals surface area (Å²) in [6.07, 6.45) is 0.140. The summed E-state index contributed by atoms with van der Waals surface area (Å²) >= 11 is 0. The number of nitrogens with zero attached hydrogens (tertiary/aromatic N) is 6. The Morgan fingerprint density at radius 3 is 2.46 bits per heavy atom. The topological polar surface area (TPSA) is 80.5 Å². The van der Waals surface area contributed by atoms with E-state index in [0.717, 1.165) is 57.1 Å². The number of aromatic nitrogens is 1. The van der Waals surface area contributed by atoms with Crippen molar-refractivity contribution in [1.29, 1.82) is 0 Å². The predicted molar refractivity (Wildman–Crippen MR) is 158 cm³/mol. The fourth-order valence-corrected chi connectivity index (χ4v) is 4.66. The van der Waals surface area contributed by atoms with E-state index in [9.17, 15) is 13.2 Å². The molecule has 1 aliphatic heterocycles. The van der Waals surface area contributed by atoms with Gasteiger partial charge in [0.05, 0.1) is 12.2 Å². The molecule has 41 heavy (non-hydrogen) atoms. The zero-order valence-electron chi connectivity index (χ0n) is 23.6. The van der Waals surface area contributed by atoms with Crippen molar-refractivity contribution in [3.8, 4) is 0 Å². The molecule has 222 valence electrons. The highest BCUT2D eigenvalue weighted by Gasteiger charge is 2.21. The Labute approximate surface area is 239 Å². The first-order valence-corrected chi connectivity index (χ1v) is 13.5. The Morgan fingerprint density at radius 1 is 1.15 bits per heavy atom. The lowest BCUT2D eigenvalue weighted by Gasteiger charge is -2.33. The molecule has 3 rings (SSSR count). The summed E-state index contributed by atoms with van der Waals surface area (Å²) in [6.45, 7) is 14.8. The minimum Gasteiger partial charge on any atom is -0.351 e.